The van der Waals surface area contributed by atoms with E-state index < -0.39 is 11.8 Å². The molecule has 2 aromatic rings. The van der Waals surface area contributed by atoms with Gasteiger partial charge in [-0.25, -0.2) is 9.18 Å². The van der Waals surface area contributed by atoms with Crippen molar-refractivity contribution in [2.24, 2.45) is 0 Å². The Morgan fingerprint density at radius 1 is 1.22 bits per heavy atom. The third kappa shape index (κ3) is 3.79. The molecule has 0 N–H and O–H groups in total. The monoisotopic (exact) mass is 428 g/mol. The number of thioether (sulfide) groups is 2. The molecule has 146 valence electrons. The molecule has 1 fully saturated rings. The fourth-order valence-electron chi connectivity index (χ4n) is 3.03. The largest absolute Gasteiger partial charge is 0.493 e. The van der Waals surface area contributed by atoms with Gasteiger partial charge in [-0.15, -0.1) is 34.9 Å². The number of benzene rings is 1. The van der Waals surface area contributed by atoms with Gasteiger partial charge < -0.3 is 14.2 Å². The minimum atomic E-state index is -0.429. The van der Waals surface area contributed by atoms with Crippen LogP contribution in [0.15, 0.2) is 24.3 Å². The number of ether oxygens (including phenoxy) is 3. The molecule has 0 saturated carbocycles. The lowest BCUT2D eigenvalue weighted by atomic mass is 10.1. The zero-order valence-corrected chi connectivity index (χ0v) is 17.9. The van der Waals surface area contributed by atoms with Crippen molar-refractivity contribution in [2.45, 2.75) is 16.9 Å². The first-order chi connectivity index (χ1) is 13.0. The minimum Gasteiger partial charge on any atom is -0.493 e. The van der Waals surface area contributed by atoms with Gasteiger partial charge in [-0.2, -0.15) is 0 Å². The Morgan fingerprint density at radius 3 is 2.52 bits per heavy atom. The van der Waals surface area contributed by atoms with Crippen LogP contribution in [0.3, 0.4) is 0 Å². The van der Waals surface area contributed by atoms with Crippen molar-refractivity contribution in [2.75, 3.05) is 32.8 Å². The second kappa shape index (κ2) is 8.32. The minimum absolute atomic E-state index is 0.103. The van der Waals surface area contributed by atoms with Crippen molar-refractivity contribution in [1.29, 1.82) is 0 Å². The lowest BCUT2D eigenvalue weighted by Gasteiger charge is -2.35. The topological polar surface area (TPSA) is 44.8 Å². The zero-order chi connectivity index (χ0) is 19.6. The van der Waals surface area contributed by atoms with Gasteiger partial charge in [0.2, 0.25) is 0 Å². The quantitative estimate of drug-likeness (QED) is 0.465. The summed E-state index contributed by atoms with van der Waals surface area (Å²) in [5, 5.41) is 0.502. The molecule has 1 saturated heterocycles. The fourth-order valence-corrected chi connectivity index (χ4v) is 7.91. The van der Waals surface area contributed by atoms with Gasteiger partial charge >= 0.3 is 5.97 Å². The molecule has 0 aliphatic carbocycles. The van der Waals surface area contributed by atoms with Crippen molar-refractivity contribution in [3.8, 4) is 11.5 Å². The standard InChI is InChI=1S/C19H21FO4S3/c1-11(18(21)24-4)10-19(25-6-5-7-26-19)15-8-12-14(27-15)9-13(22-2)17(23-3)16(12)20/h8-9H,1,5-7,10H2,2-4H3. The molecule has 4 nitrogen and oxygen atoms in total. The predicted molar refractivity (Wildman–Crippen MR) is 112 cm³/mol. The van der Waals surface area contributed by atoms with E-state index in [9.17, 15) is 9.18 Å². The number of methoxy groups -OCH3 is 3. The molecular formula is C19H21FO4S3. The second-order valence-corrected chi connectivity index (χ2v) is 10.2. The van der Waals surface area contributed by atoms with E-state index in [1.54, 1.807) is 29.6 Å². The fraction of sp³-hybridized carbons (Fsp3) is 0.421. The average molecular weight is 429 g/mol. The molecule has 1 aliphatic rings. The second-order valence-electron chi connectivity index (χ2n) is 6.02. The van der Waals surface area contributed by atoms with Crippen LogP contribution in [-0.2, 0) is 13.6 Å². The van der Waals surface area contributed by atoms with Gasteiger partial charge in [0, 0.05) is 33.0 Å². The van der Waals surface area contributed by atoms with Crippen LogP contribution < -0.4 is 9.47 Å². The number of hydrogen-bond acceptors (Lipinski definition) is 7. The van der Waals surface area contributed by atoms with Gasteiger partial charge in [0.05, 0.1) is 25.4 Å². The van der Waals surface area contributed by atoms with Crippen molar-refractivity contribution in [3.63, 3.8) is 0 Å². The number of carbonyl (C=O) groups excluding carboxylic acids is 1. The average Bonchev–Trinajstić information content (AvgIpc) is 3.13. The molecule has 27 heavy (non-hydrogen) atoms. The van der Waals surface area contributed by atoms with Crippen LogP contribution in [0.4, 0.5) is 4.39 Å². The van der Waals surface area contributed by atoms with E-state index in [-0.39, 0.29) is 9.83 Å². The van der Waals surface area contributed by atoms with Crippen LogP contribution in [-0.4, -0.2) is 38.8 Å². The molecule has 0 unspecified atom stereocenters. The third-order valence-electron chi connectivity index (χ3n) is 4.36. The Hall–Kier alpha value is -1.38. The summed E-state index contributed by atoms with van der Waals surface area (Å²) >= 11 is 5.08. The normalized spacial score (nSPS) is 16.1. The number of carbonyl (C=O) groups is 1. The van der Waals surface area contributed by atoms with Gasteiger partial charge in [-0.3, -0.25) is 0 Å². The van der Waals surface area contributed by atoms with Gasteiger partial charge in [-0.1, -0.05) is 6.58 Å². The summed E-state index contributed by atoms with van der Waals surface area (Å²) < 4.78 is 30.7. The maximum atomic E-state index is 15.0. The summed E-state index contributed by atoms with van der Waals surface area (Å²) in [5.41, 5.74) is 0.424. The van der Waals surface area contributed by atoms with Crippen LogP contribution in [0.2, 0.25) is 0 Å². The van der Waals surface area contributed by atoms with Crippen LogP contribution in [0.1, 0.15) is 17.7 Å². The molecule has 3 rings (SSSR count). The Morgan fingerprint density at radius 2 is 1.93 bits per heavy atom. The number of hydrogen-bond donors (Lipinski definition) is 0. The first kappa shape index (κ1) is 20.4. The SMILES string of the molecule is C=C(CC1(c2cc3c(F)c(OC)c(OC)cc3s2)SCCCS1)C(=O)OC. The number of halogens is 1. The Bertz CT molecular complexity index is 871. The van der Waals surface area contributed by atoms with Gasteiger partial charge in [0.25, 0.3) is 0 Å². The van der Waals surface area contributed by atoms with Crippen LogP contribution in [0.25, 0.3) is 10.1 Å². The third-order valence-corrected chi connectivity index (χ3v) is 9.22. The molecule has 1 aromatic heterocycles. The molecule has 0 radical (unpaired) electrons. The van der Waals surface area contributed by atoms with Crippen molar-refractivity contribution >= 4 is 50.9 Å². The van der Waals surface area contributed by atoms with Gasteiger partial charge in [-0.05, 0) is 24.0 Å². The van der Waals surface area contributed by atoms with Gasteiger partial charge in [0.15, 0.2) is 17.3 Å². The van der Waals surface area contributed by atoms with Crippen LogP contribution in [0.5, 0.6) is 11.5 Å². The molecule has 0 spiro atoms. The number of rotatable bonds is 6. The maximum Gasteiger partial charge on any atom is 0.333 e. The predicted octanol–water partition coefficient (Wildman–Crippen LogP) is 5.20. The Balaban J connectivity index is 2.09. The lowest BCUT2D eigenvalue weighted by molar-refractivity contribution is -0.136. The van der Waals surface area contributed by atoms with Crippen LogP contribution in [0, 0.1) is 5.82 Å². The zero-order valence-electron chi connectivity index (χ0n) is 15.4. The Kier molecular flexibility index (Phi) is 6.28. The summed E-state index contributed by atoms with van der Waals surface area (Å²) in [5.74, 6) is 1.59. The summed E-state index contributed by atoms with van der Waals surface area (Å²) in [6.45, 7) is 3.91. The number of fused-ring (bicyclic) bond motifs is 1. The number of thiophene rings is 1. The van der Waals surface area contributed by atoms with Crippen molar-refractivity contribution < 1.29 is 23.4 Å². The summed E-state index contributed by atoms with van der Waals surface area (Å²) in [6.07, 6.45) is 1.56. The highest BCUT2D eigenvalue weighted by atomic mass is 32.2. The van der Waals surface area contributed by atoms with Crippen molar-refractivity contribution in [1.82, 2.24) is 0 Å². The molecule has 0 bridgehead atoms. The highest BCUT2D eigenvalue weighted by Gasteiger charge is 2.39. The highest BCUT2D eigenvalue weighted by molar-refractivity contribution is 8.18. The highest BCUT2D eigenvalue weighted by Crippen LogP contribution is 2.57. The first-order valence-corrected chi connectivity index (χ1v) is 11.1. The van der Waals surface area contributed by atoms with E-state index in [4.69, 9.17) is 14.2 Å². The van der Waals surface area contributed by atoms with E-state index in [1.165, 1.54) is 32.7 Å². The lowest BCUT2D eigenvalue weighted by Crippen LogP contribution is -2.24. The summed E-state index contributed by atoms with van der Waals surface area (Å²) in [4.78, 5) is 12.9. The van der Waals surface area contributed by atoms with E-state index in [2.05, 4.69) is 6.58 Å². The van der Waals surface area contributed by atoms with E-state index in [0.29, 0.717) is 23.1 Å². The molecule has 2 heterocycles. The van der Waals surface area contributed by atoms with E-state index >= 15 is 0 Å². The van der Waals surface area contributed by atoms with Crippen molar-refractivity contribution in [3.05, 3.63) is 35.0 Å². The molecule has 1 aliphatic heterocycles. The molecule has 1 aromatic carbocycles. The molecule has 8 heteroatoms. The molecule has 0 amide bonds. The summed E-state index contributed by atoms with van der Waals surface area (Å²) in [6, 6.07) is 3.67. The van der Waals surface area contributed by atoms with Crippen LogP contribution >= 0.6 is 34.9 Å². The smallest absolute Gasteiger partial charge is 0.333 e. The molecular weight excluding hydrogens is 407 g/mol. The van der Waals surface area contributed by atoms with E-state index in [0.717, 1.165) is 27.5 Å². The van der Waals surface area contributed by atoms with Gasteiger partial charge in [0.1, 0.15) is 0 Å². The Labute approximate surface area is 170 Å². The first-order valence-electron chi connectivity index (χ1n) is 8.34. The molecule has 0 atom stereocenters. The summed E-state index contributed by atoms with van der Waals surface area (Å²) in [7, 11) is 4.27. The number of esters is 1. The van der Waals surface area contributed by atoms with E-state index in [1.807, 2.05) is 6.07 Å². The maximum absolute atomic E-state index is 15.0.